The van der Waals surface area contributed by atoms with Gasteiger partial charge in [-0.3, -0.25) is 4.79 Å². The quantitative estimate of drug-likeness (QED) is 0.713. The summed E-state index contributed by atoms with van der Waals surface area (Å²) in [5.41, 5.74) is 4.27. The van der Waals surface area contributed by atoms with E-state index in [1.54, 1.807) is 0 Å². The number of nitrogens with zero attached hydrogens (tertiary/aromatic N) is 2. The Balaban J connectivity index is 1.99. The van der Waals surface area contributed by atoms with Crippen LogP contribution >= 0.6 is 23.1 Å². The second-order valence-electron chi connectivity index (χ2n) is 5.82. The highest BCUT2D eigenvalue weighted by Crippen LogP contribution is 2.30. The Morgan fingerprint density at radius 1 is 1.25 bits per heavy atom. The van der Waals surface area contributed by atoms with Crippen LogP contribution in [-0.4, -0.2) is 27.9 Å². The summed E-state index contributed by atoms with van der Waals surface area (Å²) in [6.07, 6.45) is 1.04. The molecule has 7 heteroatoms. The van der Waals surface area contributed by atoms with Crippen LogP contribution in [0, 0.1) is 20.8 Å². The summed E-state index contributed by atoms with van der Waals surface area (Å²) < 4.78 is 0.800. The molecule has 2 rings (SSSR count). The predicted molar refractivity (Wildman–Crippen MR) is 103 cm³/mol. The highest BCUT2D eigenvalue weighted by molar-refractivity contribution is 8.02. The first-order valence-corrected chi connectivity index (χ1v) is 9.73. The third-order valence-electron chi connectivity index (χ3n) is 3.50. The van der Waals surface area contributed by atoms with Gasteiger partial charge in [-0.2, -0.15) is 0 Å². The molecule has 0 aliphatic carbocycles. The van der Waals surface area contributed by atoms with Crippen LogP contribution in [0.15, 0.2) is 16.5 Å². The summed E-state index contributed by atoms with van der Waals surface area (Å²) in [5.74, 6) is -0.0201. The number of aryl methyl sites for hydroxylation is 3. The van der Waals surface area contributed by atoms with E-state index < -0.39 is 0 Å². The SMILES string of the molecule is CCCNc1nnc(S[C@@H](C)C(=O)Nc2c(C)cc(C)cc2C)s1. The van der Waals surface area contributed by atoms with Crippen LogP contribution in [0.4, 0.5) is 10.8 Å². The fourth-order valence-corrected chi connectivity index (χ4v) is 4.29. The molecule has 5 nitrogen and oxygen atoms in total. The Hall–Kier alpha value is -1.60. The topological polar surface area (TPSA) is 66.9 Å². The highest BCUT2D eigenvalue weighted by atomic mass is 32.2. The Bertz CT molecular complexity index is 691. The van der Waals surface area contributed by atoms with Crippen molar-refractivity contribution in [3.05, 3.63) is 28.8 Å². The van der Waals surface area contributed by atoms with Gasteiger partial charge in [0.2, 0.25) is 11.0 Å². The van der Waals surface area contributed by atoms with Gasteiger partial charge in [-0.15, -0.1) is 10.2 Å². The van der Waals surface area contributed by atoms with Gasteiger partial charge in [0, 0.05) is 12.2 Å². The van der Waals surface area contributed by atoms with Crippen molar-refractivity contribution in [1.82, 2.24) is 10.2 Å². The number of carbonyl (C=O) groups is 1. The lowest BCUT2D eigenvalue weighted by atomic mass is 10.1. The van der Waals surface area contributed by atoms with Crippen molar-refractivity contribution in [2.75, 3.05) is 17.2 Å². The van der Waals surface area contributed by atoms with E-state index in [4.69, 9.17) is 0 Å². The summed E-state index contributed by atoms with van der Waals surface area (Å²) in [6.45, 7) is 11.0. The zero-order chi connectivity index (χ0) is 17.7. The minimum atomic E-state index is -0.239. The number of anilines is 2. The number of carbonyl (C=O) groups excluding carboxylic acids is 1. The van der Waals surface area contributed by atoms with Crippen molar-refractivity contribution in [2.24, 2.45) is 0 Å². The molecule has 0 aliphatic rings. The zero-order valence-electron chi connectivity index (χ0n) is 14.8. The van der Waals surface area contributed by atoms with Crippen LogP contribution in [-0.2, 0) is 4.79 Å². The van der Waals surface area contributed by atoms with Crippen LogP contribution < -0.4 is 10.6 Å². The lowest BCUT2D eigenvalue weighted by Crippen LogP contribution is -2.23. The van der Waals surface area contributed by atoms with Gasteiger partial charge < -0.3 is 10.6 Å². The Morgan fingerprint density at radius 3 is 2.54 bits per heavy atom. The number of aromatic nitrogens is 2. The fraction of sp³-hybridized carbons (Fsp3) is 0.471. The molecule has 2 N–H and O–H groups in total. The standard InChI is InChI=1S/C17H24N4OS2/c1-6-7-18-16-20-21-17(24-16)23-13(5)15(22)19-14-11(3)8-10(2)9-12(14)4/h8-9,13H,6-7H2,1-5H3,(H,18,20)(H,19,22)/t13-/m0/s1. The maximum absolute atomic E-state index is 12.5. The van der Waals surface area contributed by atoms with Crippen LogP contribution in [0.2, 0.25) is 0 Å². The molecule has 0 bridgehead atoms. The minimum Gasteiger partial charge on any atom is -0.360 e. The first kappa shape index (κ1) is 18.7. The number of benzene rings is 1. The summed E-state index contributed by atoms with van der Waals surface area (Å²) in [6, 6.07) is 4.16. The number of nitrogens with one attached hydrogen (secondary N) is 2. The van der Waals surface area contributed by atoms with Crippen molar-refractivity contribution >= 4 is 39.8 Å². The molecule has 0 aliphatic heterocycles. The Labute approximate surface area is 151 Å². The minimum absolute atomic E-state index is 0.0201. The molecule has 0 unspecified atom stereocenters. The molecule has 1 aromatic carbocycles. The molecule has 130 valence electrons. The van der Waals surface area contributed by atoms with E-state index in [0.29, 0.717) is 0 Å². The first-order chi connectivity index (χ1) is 11.4. The third kappa shape index (κ3) is 4.95. The zero-order valence-corrected chi connectivity index (χ0v) is 16.4. The van der Waals surface area contributed by atoms with Gasteiger partial charge in [0.05, 0.1) is 5.25 Å². The summed E-state index contributed by atoms with van der Waals surface area (Å²) in [5, 5.41) is 15.0. The molecule has 1 aromatic heterocycles. The first-order valence-electron chi connectivity index (χ1n) is 8.03. The molecule has 0 fully saturated rings. The average molecular weight is 365 g/mol. The van der Waals surface area contributed by atoms with Gasteiger partial charge in [-0.1, -0.05) is 47.7 Å². The van der Waals surface area contributed by atoms with Gasteiger partial charge in [0.1, 0.15) is 0 Å². The Morgan fingerprint density at radius 2 is 1.92 bits per heavy atom. The molecule has 0 radical (unpaired) electrons. The second-order valence-corrected chi connectivity index (χ2v) is 8.39. The van der Waals surface area contributed by atoms with Crippen LogP contribution in [0.3, 0.4) is 0 Å². The molecular weight excluding hydrogens is 340 g/mol. The predicted octanol–water partition coefficient (Wildman–Crippen LogP) is 4.40. The number of hydrogen-bond donors (Lipinski definition) is 2. The average Bonchev–Trinajstić information content (AvgIpc) is 2.95. The molecule has 24 heavy (non-hydrogen) atoms. The van der Waals surface area contributed by atoms with Gasteiger partial charge in [0.15, 0.2) is 4.34 Å². The molecule has 0 saturated heterocycles. The van der Waals surface area contributed by atoms with Gasteiger partial charge in [0.25, 0.3) is 0 Å². The molecule has 0 spiro atoms. The van der Waals surface area contributed by atoms with E-state index in [1.807, 2.05) is 20.8 Å². The van der Waals surface area contributed by atoms with Crippen molar-refractivity contribution in [3.8, 4) is 0 Å². The van der Waals surface area contributed by atoms with E-state index >= 15 is 0 Å². The van der Waals surface area contributed by atoms with Crippen molar-refractivity contribution in [2.45, 2.75) is 50.6 Å². The van der Waals surface area contributed by atoms with Crippen LogP contribution in [0.25, 0.3) is 0 Å². The molecule has 1 heterocycles. The molecule has 1 atom stereocenters. The van der Waals surface area contributed by atoms with Gasteiger partial charge in [-0.25, -0.2) is 0 Å². The van der Waals surface area contributed by atoms with E-state index in [2.05, 4.69) is 46.8 Å². The van der Waals surface area contributed by atoms with Crippen LogP contribution in [0.1, 0.15) is 37.0 Å². The fourth-order valence-electron chi connectivity index (χ4n) is 2.37. The normalized spacial score (nSPS) is 12.0. The lowest BCUT2D eigenvalue weighted by molar-refractivity contribution is -0.115. The largest absolute Gasteiger partial charge is 0.360 e. The number of rotatable bonds is 7. The Kier molecular flexibility index (Phi) is 6.62. The van der Waals surface area contributed by atoms with Crippen molar-refractivity contribution in [1.29, 1.82) is 0 Å². The smallest absolute Gasteiger partial charge is 0.237 e. The van der Waals surface area contributed by atoms with E-state index in [0.717, 1.165) is 39.3 Å². The molecular formula is C17H24N4OS2. The molecule has 2 aromatic rings. The maximum atomic E-state index is 12.5. The number of amides is 1. The van der Waals surface area contributed by atoms with Gasteiger partial charge in [-0.05, 0) is 45.2 Å². The van der Waals surface area contributed by atoms with Crippen LogP contribution in [0.5, 0.6) is 0 Å². The maximum Gasteiger partial charge on any atom is 0.237 e. The van der Waals surface area contributed by atoms with E-state index in [9.17, 15) is 4.79 Å². The summed E-state index contributed by atoms with van der Waals surface area (Å²) in [4.78, 5) is 12.5. The third-order valence-corrected chi connectivity index (χ3v) is 5.57. The summed E-state index contributed by atoms with van der Waals surface area (Å²) >= 11 is 2.92. The van der Waals surface area contributed by atoms with E-state index in [-0.39, 0.29) is 11.2 Å². The van der Waals surface area contributed by atoms with E-state index in [1.165, 1.54) is 28.7 Å². The highest BCUT2D eigenvalue weighted by Gasteiger charge is 2.18. The molecule has 1 amide bonds. The van der Waals surface area contributed by atoms with Crippen molar-refractivity contribution in [3.63, 3.8) is 0 Å². The molecule has 0 saturated carbocycles. The van der Waals surface area contributed by atoms with Gasteiger partial charge >= 0.3 is 0 Å². The number of thioether (sulfide) groups is 1. The number of hydrogen-bond acceptors (Lipinski definition) is 6. The van der Waals surface area contributed by atoms with Crippen molar-refractivity contribution < 1.29 is 4.79 Å². The summed E-state index contributed by atoms with van der Waals surface area (Å²) in [7, 11) is 0. The lowest BCUT2D eigenvalue weighted by Gasteiger charge is -2.15. The second kappa shape index (κ2) is 8.48. The monoisotopic (exact) mass is 364 g/mol.